The van der Waals surface area contributed by atoms with Crippen LogP contribution in [0.25, 0.3) is 0 Å². The van der Waals surface area contributed by atoms with Gasteiger partial charge in [0.1, 0.15) is 6.29 Å². The molecule has 5 atom stereocenters. The van der Waals surface area contributed by atoms with Gasteiger partial charge in [-0.2, -0.15) is 0 Å². The molecule has 2 rings (SSSR count). The normalized spacial score (nSPS) is 39.8. The first kappa shape index (κ1) is 17.7. The van der Waals surface area contributed by atoms with Crippen LogP contribution >= 0.6 is 0 Å². The van der Waals surface area contributed by atoms with Gasteiger partial charge < -0.3 is 5.11 Å². The molecule has 1 N–H and O–H groups in total. The molecule has 22 heavy (non-hydrogen) atoms. The third-order valence-corrected chi connectivity index (χ3v) is 7.19. The molecule has 2 heteroatoms. The van der Waals surface area contributed by atoms with E-state index in [1.54, 1.807) is 0 Å². The molecule has 1 saturated carbocycles. The van der Waals surface area contributed by atoms with Crippen LogP contribution in [-0.2, 0) is 4.79 Å². The summed E-state index contributed by atoms with van der Waals surface area (Å²) in [5.41, 5.74) is 1.46. The lowest BCUT2D eigenvalue weighted by Gasteiger charge is -2.57. The summed E-state index contributed by atoms with van der Waals surface area (Å²) >= 11 is 0. The molecule has 0 heterocycles. The van der Waals surface area contributed by atoms with Gasteiger partial charge in [0.25, 0.3) is 0 Å². The lowest BCUT2D eigenvalue weighted by molar-refractivity contribution is -0.109. The van der Waals surface area contributed by atoms with Crippen LogP contribution in [0.15, 0.2) is 11.6 Å². The lowest BCUT2D eigenvalue weighted by atomic mass is 9.47. The zero-order valence-electron chi connectivity index (χ0n) is 14.9. The van der Waals surface area contributed by atoms with E-state index in [0.717, 1.165) is 37.0 Å². The summed E-state index contributed by atoms with van der Waals surface area (Å²) < 4.78 is 0. The Kier molecular flexibility index (Phi) is 5.53. The first-order valence-corrected chi connectivity index (χ1v) is 9.15. The van der Waals surface area contributed by atoms with Crippen LogP contribution in [0.5, 0.6) is 0 Å². The highest BCUT2D eigenvalue weighted by Crippen LogP contribution is 2.61. The minimum atomic E-state index is 0.0848. The number of aldehydes is 1. The maximum atomic E-state index is 11.6. The van der Waals surface area contributed by atoms with E-state index >= 15 is 0 Å². The average Bonchev–Trinajstić information content (AvgIpc) is 2.49. The van der Waals surface area contributed by atoms with E-state index in [2.05, 4.69) is 33.8 Å². The van der Waals surface area contributed by atoms with Crippen LogP contribution < -0.4 is 0 Å². The molecule has 0 aliphatic heterocycles. The topological polar surface area (TPSA) is 37.3 Å². The summed E-state index contributed by atoms with van der Waals surface area (Å²) in [7, 11) is 0. The molecule has 2 aliphatic rings. The summed E-state index contributed by atoms with van der Waals surface area (Å²) in [5.74, 6) is 1.93. The van der Waals surface area contributed by atoms with Crippen molar-refractivity contribution in [2.45, 2.75) is 72.6 Å². The predicted octanol–water partition coefficient (Wildman–Crippen LogP) is 4.76. The molecule has 2 nitrogen and oxygen atoms in total. The van der Waals surface area contributed by atoms with E-state index in [-0.39, 0.29) is 5.41 Å². The van der Waals surface area contributed by atoms with Crippen molar-refractivity contribution in [2.75, 3.05) is 6.61 Å². The number of hydrogen-bond donors (Lipinski definition) is 1. The van der Waals surface area contributed by atoms with Crippen LogP contribution in [0.1, 0.15) is 72.6 Å². The largest absolute Gasteiger partial charge is 0.396 e. The van der Waals surface area contributed by atoms with E-state index in [9.17, 15) is 4.79 Å². The van der Waals surface area contributed by atoms with Gasteiger partial charge >= 0.3 is 0 Å². The third kappa shape index (κ3) is 3.04. The second-order valence-corrected chi connectivity index (χ2v) is 8.43. The van der Waals surface area contributed by atoms with Crippen molar-refractivity contribution < 1.29 is 9.90 Å². The molecule has 0 bridgehead atoms. The van der Waals surface area contributed by atoms with Crippen molar-refractivity contribution in [1.82, 2.24) is 0 Å². The Morgan fingerprint density at radius 1 is 1.36 bits per heavy atom. The van der Waals surface area contributed by atoms with Crippen LogP contribution in [0, 0.1) is 28.6 Å². The van der Waals surface area contributed by atoms with Gasteiger partial charge in [-0.3, -0.25) is 4.79 Å². The summed E-state index contributed by atoms with van der Waals surface area (Å²) in [4.78, 5) is 11.6. The smallest absolute Gasteiger partial charge is 0.146 e. The molecule has 0 aromatic carbocycles. The fourth-order valence-electron chi connectivity index (χ4n) is 5.25. The Morgan fingerprint density at radius 3 is 2.73 bits per heavy atom. The monoisotopic (exact) mass is 306 g/mol. The zero-order valence-corrected chi connectivity index (χ0v) is 14.9. The summed E-state index contributed by atoms with van der Waals surface area (Å²) in [6, 6.07) is 0. The highest BCUT2D eigenvalue weighted by atomic mass is 16.3. The highest BCUT2D eigenvalue weighted by Gasteiger charge is 2.53. The molecule has 0 aromatic rings. The summed E-state index contributed by atoms with van der Waals surface area (Å²) in [5, 5.41) is 9.14. The molecule has 0 spiro atoms. The molecule has 1 fully saturated rings. The predicted molar refractivity (Wildman–Crippen MR) is 91.6 cm³/mol. The number of carbonyl (C=O) groups excluding carboxylic acids is 1. The van der Waals surface area contributed by atoms with E-state index in [4.69, 9.17) is 5.11 Å². The van der Waals surface area contributed by atoms with Gasteiger partial charge in [-0.25, -0.2) is 0 Å². The van der Waals surface area contributed by atoms with Crippen molar-refractivity contribution >= 4 is 6.29 Å². The Hall–Kier alpha value is -0.630. The van der Waals surface area contributed by atoms with E-state index < -0.39 is 0 Å². The number of allylic oxidation sites excluding steroid dienone is 2. The molecular formula is C20H34O2. The molecule has 0 amide bonds. The van der Waals surface area contributed by atoms with Crippen LogP contribution in [0.3, 0.4) is 0 Å². The maximum absolute atomic E-state index is 11.6. The van der Waals surface area contributed by atoms with Crippen LogP contribution in [0.4, 0.5) is 0 Å². The van der Waals surface area contributed by atoms with E-state index in [1.807, 2.05) is 0 Å². The standard InChI is InChI=1S/C20H34O2/c1-15(10-13-21)8-11-19(3)16(2)9-12-20(4)17(14-22)6-5-7-18(19)20/h6,14-16,18,21H,5,7-13H2,1-4H3. The fraction of sp³-hybridized carbons (Fsp3) is 0.850. The first-order valence-electron chi connectivity index (χ1n) is 9.15. The number of rotatable bonds is 6. The lowest BCUT2D eigenvalue weighted by Crippen LogP contribution is -2.50. The van der Waals surface area contributed by atoms with Crippen molar-refractivity contribution in [3.8, 4) is 0 Å². The molecule has 0 radical (unpaired) electrons. The van der Waals surface area contributed by atoms with Gasteiger partial charge in [0.05, 0.1) is 0 Å². The summed E-state index contributed by atoms with van der Waals surface area (Å²) in [6.07, 6.45) is 11.3. The van der Waals surface area contributed by atoms with Gasteiger partial charge in [-0.15, -0.1) is 0 Å². The van der Waals surface area contributed by atoms with E-state index in [1.165, 1.54) is 25.7 Å². The zero-order chi connectivity index (χ0) is 16.4. The number of aliphatic hydroxyl groups is 1. The Balaban J connectivity index is 2.21. The summed E-state index contributed by atoms with van der Waals surface area (Å²) in [6.45, 7) is 9.77. The highest BCUT2D eigenvalue weighted by molar-refractivity contribution is 5.76. The first-order chi connectivity index (χ1) is 10.4. The molecule has 5 unspecified atom stereocenters. The number of fused-ring (bicyclic) bond motifs is 1. The minimum absolute atomic E-state index is 0.0848. The number of carbonyl (C=O) groups is 1. The van der Waals surface area contributed by atoms with Gasteiger partial charge in [0.15, 0.2) is 0 Å². The van der Waals surface area contributed by atoms with Crippen LogP contribution in [0.2, 0.25) is 0 Å². The van der Waals surface area contributed by atoms with Crippen molar-refractivity contribution in [1.29, 1.82) is 0 Å². The maximum Gasteiger partial charge on any atom is 0.146 e. The quantitative estimate of drug-likeness (QED) is 0.718. The van der Waals surface area contributed by atoms with Crippen LogP contribution in [-0.4, -0.2) is 18.0 Å². The SMILES string of the molecule is CC(CCO)CCC1(C)C(C)CCC2(C)C(C=O)=CCCC21. The van der Waals surface area contributed by atoms with Gasteiger partial charge in [0, 0.05) is 6.61 Å². The fourth-order valence-corrected chi connectivity index (χ4v) is 5.25. The van der Waals surface area contributed by atoms with E-state index in [0.29, 0.717) is 23.9 Å². The Morgan fingerprint density at radius 2 is 2.09 bits per heavy atom. The molecule has 0 saturated heterocycles. The molecular weight excluding hydrogens is 272 g/mol. The van der Waals surface area contributed by atoms with Crippen molar-refractivity contribution in [3.05, 3.63) is 11.6 Å². The second-order valence-electron chi connectivity index (χ2n) is 8.43. The van der Waals surface area contributed by atoms with Crippen molar-refractivity contribution in [2.24, 2.45) is 28.6 Å². The van der Waals surface area contributed by atoms with Gasteiger partial charge in [0.2, 0.25) is 0 Å². The third-order valence-electron chi connectivity index (χ3n) is 7.19. The second kappa shape index (κ2) is 6.86. The Bertz CT molecular complexity index is 427. The van der Waals surface area contributed by atoms with Gasteiger partial charge in [-0.1, -0.05) is 40.2 Å². The van der Waals surface area contributed by atoms with Gasteiger partial charge in [-0.05, 0) is 72.7 Å². The van der Waals surface area contributed by atoms with Crippen molar-refractivity contribution in [3.63, 3.8) is 0 Å². The number of aliphatic hydroxyl groups excluding tert-OH is 1. The minimum Gasteiger partial charge on any atom is -0.396 e. The number of hydrogen-bond acceptors (Lipinski definition) is 2. The molecule has 126 valence electrons. The average molecular weight is 306 g/mol. The molecule has 2 aliphatic carbocycles. The Labute approximate surface area is 136 Å². The molecule has 0 aromatic heterocycles.